The van der Waals surface area contributed by atoms with E-state index in [9.17, 15) is 4.79 Å². The monoisotopic (exact) mass is 365 g/mol. The van der Waals surface area contributed by atoms with Crippen molar-refractivity contribution >= 4 is 28.9 Å². The Morgan fingerprint density at radius 1 is 1.08 bits per heavy atom. The Hall–Kier alpha value is -2.85. The summed E-state index contributed by atoms with van der Waals surface area (Å²) in [7, 11) is 0. The third-order valence-electron chi connectivity index (χ3n) is 4.01. The van der Waals surface area contributed by atoms with E-state index in [1.807, 2.05) is 55.5 Å². The van der Waals surface area contributed by atoms with Crippen molar-refractivity contribution in [2.75, 3.05) is 11.9 Å². The van der Waals surface area contributed by atoms with E-state index in [0.717, 1.165) is 28.9 Å². The number of carbonyl (C=O) groups is 1. The van der Waals surface area contributed by atoms with Crippen molar-refractivity contribution in [3.05, 3.63) is 88.7 Å². The van der Waals surface area contributed by atoms with Crippen LogP contribution < -0.4 is 10.6 Å². The van der Waals surface area contributed by atoms with Crippen molar-refractivity contribution in [1.82, 2.24) is 10.3 Å². The molecule has 2 aromatic carbocycles. The van der Waals surface area contributed by atoms with Gasteiger partial charge in [0.1, 0.15) is 0 Å². The van der Waals surface area contributed by atoms with E-state index in [1.165, 1.54) is 0 Å². The SMILES string of the molecule is Cc1ccccc1Nc1cncc(C(=O)NCCc2cccc(Cl)c2)c1. The normalized spacial score (nSPS) is 10.4. The van der Waals surface area contributed by atoms with Crippen molar-refractivity contribution in [2.45, 2.75) is 13.3 Å². The average molecular weight is 366 g/mol. The lowest BCUT2D eigenvalue weighted by atomic mass is 10.1. The fourth-order valence-corrected chi connectivity index (χ4v) is 2.83. The number of hydrogen-bond acceptors (Lipinski definition) is 3. The number of para-hydroxylation sites is 1. The van der Waals surface area contributed by atoms with Crippen molar-refractivity contribution in [3.8, 4) is 0 Å². The summed E-state index contributed by atoms with van der Waals surface area (Å²) >= 11 is 5.97. The smallest absolute Gasteiger partial charge is 0.252 e. The third-order valence-corrected chi connectivity index (χ3v) is 4.25. The molecule has 26 heavy (non-hydrogen) atoms. The zero-order valence-corrected chi connectivity index (χ0v) is 15.3. The zero-order valence-electron chi connectivity index (χ0n) is 14.5. The first-order chi connectivity index (χ1) is 12.6. The topological polar surface area (TPSA) is 54.0 Å². The van der Waals surface area contributed by atoms with Gasteiger partial charge in [0.2, 0.25) is 0 Å². The highest BCUT2D eigenvalue weighted by atomic mass is 35.5. The fourth-order valence-electron chi connectivity index (χ4n) is 2.62. The van der Waals surface area contributed by atoms with Crippen molar-refractivity contribution in [2.24, 2.45) is 0 Å². The summed E-state index contributed by atoms with van der Waals surface area (Å²) in [5.74, 6) is -0.145. The Labute approximate surface area is 158 Å². The van der Waals surface area contributed by atoms with E-state index in [4.69, 9.17) is 11.6 Å². The van der Waals surface area contributed by atoms with Gasteiger partial charge in [-0.05, 0) is 48.7 Å². The molecule has 0 radical (unpaired) electrons. The van der Waals surface area contributed by atoms with E-state index >= 15 is 0 Å². The highest BCUT2D eigenvalue weighted by Crippen LogP contribution is 2.20. The largest absolute Gasteiger partial charge is 0.354 e. The average Bonchev–Trinajstić information content (AvgIpc) is 2.64. The van der Waals surface area contributed by atoms with E-state index in [1.54, 1.807) is 18.5 Å². The lowest BCUT2D eigenvalue weighted by Crippen LogP contribution is -2.25. The molecule has 0 unspecified atom stereocenters. The number of amides is 1. The lowest BCUT2D eigenvalue weighted by molar-refractivity contribution is 0.0954. The van der Waals surface area contributed by atoms with Crippen molar-refractivity contribution < 1.29 is 4.79 Å². The first-order valence-corrected chi connectivity index (χ1v) is 8.80. The summed E-state index contributed by atoms with van der Waals surface area (Å²) < 4.78 is 0. The Morgan fingerprint density at radius 2 is 1.92 bits per heavy atom. The Morgan fingerprint density at radius 3 is 2.73 bits per heavy atom. The summed E-state index contributed by atoms with van der Waals surface area (Å²) in [6.45, 7) is 2.57. The van der Waals surface area contributed by atoms with Crippen LogP contribution >= 0.6 is 11.6 Å². The molecule has 132 valence electrons. The van der Waals surface area contributed by atoms with Gasteiger partial charge in [0, 0.05) is 23.5 Å². The minimum absolute atomic E-state index is 0.145. The number of benzene rings is 2. The number of hydrogen-bond donors (Lipinski definition) is 2. The molecule has 0 aliphatic carbocycles. The predicted octanol–water partition coefficient (Wildman–Crippen LogP) is 4.76. The van der Waals surface area contributed by atoms with Crippen LogP contribution in [-0.2, 0) is 6.42 Å². The summed E-state index contributed by atoms with van der Waals surface area (Å²) in [5.41, 5.74) is 4.51. The second-order valence-electron chi connectivity index (χ2n) is 6.04. The number of nitrogens with one attached hydrogen (secondary N) is 2. The number of carbonyl (C=O) groups excluding carboxylic acids is 1. The maximum absolute atomic E-state index is 12.4. The molecule has 0 bridgehead atoms. The van der Waals surface area contributed by atoms with Gasteiger partial charge in [0.25, 0.3) is 5.91 Å². The molecule has 0 atom stereocenters. The predicted molar refractivity (Wildman–Crippen MR) is 106 cm³/mol. The van der Waals surface area contributed by atoms with Gasteiger partial charge >= 0.3 is 0 Å². The van der Waals surface area contributed by atoms with Crippen LogP contribution in [0.25, 0.3) is 0 Å². The second-order valence-corrected chi connectivity index (χ2v) is 6.47. The quantitative estimate of drug-likeness (QED) is 0.662. The van der Waals surface area contributed by atoms with Crippen LogP contribution in [0.5, 0.6) is 0 Å². The fraction of sp³-hybridized carbons (Fsp3) is 0.143. The van der Waals surface area contributed by atoms with Crippen LogP contribution in [0.15, 0.2) is 67.0 Å². The highest BCUT2D eigenvalue weighted by Gasteiger charge is 2.07. The van der Waals surface area contributed by atoms with E-state index in [0.29, 0.717) is 17.1 Å². The van der Waals surface area contributed by atoms with Crippen molar-refractivity contribution in [3.63, 3.8) is 0 Å². The highest BCUT2D eigenvalue weighted by molar-refractivity contribution is 6.30. The Bertz CT molecular complexity index is 911. The van der Waals surface area contributed by atoms with E-state index in [2.05, 4.69) is 15.6 Å². The van der Waals surface area contributed by atoms with E-state index < -0.39 is 0 Å². The lowest BCUT2D eigenvalue weighted by Gasteiger charge is -2.10. The Balaban J connectivity index is 1.60. The van der Waals surface area contributed by atoms with Crippen LogP contribution in [0.1, 0.15) is 21.5 Å². The summed E-state index contributed by atoms with van der Waals surface area (Å²) in [5, 5.41) is 6.92. The number of pyridine rings is 1. The van der Waals surface area contributed by atoms with Gasteiger partial charge in [-0.25, -0.2) is 0 Å². The zero-order chi connectivity index (χ0) is 18.4. The minimum Gasteiger partial charge on any atom is -0.354 e. The molecule has 3 aromatic rings. The molecule has 0 spiro atoms. The van der Waals surface area contributed by atoms with Crippen LogP contribution in [0.4, 0.5) is 11.4 Å². The molecule has 1 aromatic heterocycles. The van der Waals surface area contributed by atoms with Gasteiger partial charge in [-0.2, -0.15) is 0 Å². The first-order valence-electron chi connectivity index (χ1n) is 8.42. The minimum atomic E-state index is -0.145. The van der Waals surface area contributed by atoms with Crippen molar-refractivity contribution in [1.29, 1.82) is 0 Å². The molecule has 0 fully saturated rings. The summed E-state index contributed by atoms with van der Waals surface area (Å²) in [6, 6.07) is 17.4. The van der Waals surface area contributed by atoms with Gasteiger partial charge in [0.05, 0.1) is 17.4 Å². The molecular weight excluding hydrogens is 346 g/mol. The summed E-state index contributed by atoms with van der Waals surface area (Å²) in [6.07, 6.45) is 3.99. The summed E-state index contributed by atoms with van der Waals surface area (Å²) in [4.78, 5) is 16.5. The van der Waals surface area contributed by atoms with Gasteiger partial charge in [0.15, 0.2) is 0 Å². The molecule has 0 aliphatic heterocycles. The van der Waals surface area contributed by atoms with Gasteiger partial charge in [-0.15, -0.1) is 0 Å². The molecule has 3 rings (SSSR count). The molecule has 0 saturated heterocycles. The molecular formula is C21H20ClN3O. The van der Waals surface area contributed by atoms with Crippen LogP contribution in [-0.4, -0.2) is 17.4 Å². The van der Waals surface area contributed by atoms with Crippen LogP contribution in [0.2, 0.25) is 5.02 Å². The molecule has 1 heterocycles. The molecule has 1 amide bonds. The number of nitrogens with zero attached hydrogens (tertiary/aromatic N) is 1. The number of halogens is 1. The number of rotatable bonds is 6. The number of anilines is 2. The van der Waals surface area contributed by atoms with Gasteiger partial charge < -0.3 is 10.6 Å². The standard InChI is InChI=1S/C21H20ClN3O/c1-15-5-2-3-8-20(15)25-19-12-17(13-23-14-19)21(26)24-10-9-16-6-4-7-18(22)11-16/h2-8,11-14,25H,9-10H2,1H3,(H,24,26). The van der Waals surface area contributed by atoms with Crippen LogP contribution in [0.3, 0.4) is 0 Å². The second kappa shape index (κ2) is 8.50. The maximum atomic E-state index is 12.4. The molecule has 5 heteroatoms. The van der Waals surface area contributed by atoms with Crippen LogP contribution in [0, 0.1) is 6.92 Å². The Kier molecular flexibility index (Phi) is 5.87. The number of aryl methyl sites for hydroxylation is 1. The first kappa shape index (κ1) is 18.0. The van der Waals surface area contributed by atoms with E-state index in [-0.39, 0.29) is 5.91 Å². The van der Waals surface area contributed by atoms with Gasteiger partial charge in [-0.1, -0.05) is 41.9 Å². The molecule has 0 aliphatic rings. The molecule has 4 nitrogen and oxygen atoms in total. The molecule has 0 saturated carbocycles. The van der Waals surface area contributed by atoms with Gasteiger partial charge in [-0.3, -0.25) is 9.78 Å². The maximum Gasteiger partial charge on any atom is 0.252 e. The number of aromatic nitrogens is 1. The third kappa shape index (κ3) is 4.83. The molecule has 2 N–H and O–H groups in total.